The lowest BCUT2D eigenvalue weighted by atomic mass is 9.88. The topological polar surface area (TPSA) is 30.8 Å². The Balaban J connectivity index is 1.91. The minimum absolute atomic E-state index is 0.105. The van der Waals surface area contributed by atoms with Gasteiger partial charge < -0.3 is 9.47 Å². The van der Waals surface area contributed by atoms with Crippen molar-refractivity contribution in [3.63, 3.8) is 0 Å². The van der Waals surface area contributed by atoms with E-state index in [1.54, 1.807) is 7.11 Å². The Hall–Kier alpha value is -1.77. The van der Waals surface area contributed by atoms with Gasteiger partial charge in [-0.25, -0.2) is 4.99 Å². The van der Waals surface area contributed by atoms with E-state index in [4.69, 9.17) is 14.5 Å². The Kier molecular flexibility index (Phi) is 3.28. The molecule has 2 atom stereocenters. The van der Waals surface area contributed by atoms with Crippen LogP contribution in [0.25, 0.3) is 0 Å². The van der Waals surface area contributed by atoms with Crippen molar-refractivity contribution in [2.75, 3.05) is 13.7 Å². The van der Waals surface area contributed by atoms with Gasteiger partial charge in [-0.2, -0.15) is 0 Å². The molecule has 0 unspecified atom stereocenters. The largest absolute Gasteiger partial charge is 0.501 e. The second kappa shape index (κ2) is 4.97. The fourth-order valence-electron chi connectivity index (χ4n) is 2.93. The number of hydrogen-bond acceptors (Lipinski definition) is 3. The van der Waals surface area contributed by atoms with Crippen LogP contribution in [0.15, 0.2) is 47.2 Å². The second-order valence-corrected chi connectivity index (χ2v) is 6.14. The third kappa shape index (κ3) is 2.45. The van der Waals surface area contributed by atoms with Crippen LogP contribution in [-0.2, 0) is 9.47 Å². The number of hydrogen-bond donors (Lipinski definition) is 0. The van der Waals surface area contributed by atoms with Crippen molar-refractivity contribution in [3.8, 4) is 0 Å². The first-order valence-corrected chi connectivity index (χ1v) is 7.11. The summed E-state index contributed by atoms with van der Waals surface area (Å²) in [7, 11) is 1.73. The summed E-state index contributed by atoms with van der Waals surface area (Å²) >= 11 is 0. The van der Waals surface area contributed by atoms with Gasteiger partial charge in [0.15, 0.2) is 5.90 Å². The maximum absolute atomic E-state index is 5.86. The van der Waals surface area contributed by atoms with Crippen molar-refractivity contribution in [3.05, 3.63) is 47.7 Å². The molecule has 3 heteroatoms. The number of aliphatic imine (C=N–C) groups is 1. The molecule has 0 fully saturated rings. The predicted molar refractivity (Wildman–Crippen MR) is 79.8 cm³/mol. The molecule has 0 saturated carbocycles. The molecule has 0 amide bonds. The van der Waals surface area contributed by atoms with E-state index in [0.29, 0.717) is 12.5 Å². The number of methoxy groups -OCH3 is 1. The maximum atomic E-state index is 5.86. The lowest BCUT2D eigenvalue weighted by Gasteiger charge is -2.18. The van der Waals surface area contributed by atoms with Gasteiger partial charge in [0.05, 0.1) is 24.3 Å². The van der Waals surface area contributed by atoms with Crippen molar-refractivity contribution in [1.82, 2.24) is 0 Å². The highest BCUT2D eigenvalue weighted by molar-refractivity contribution is 5.83. The molecule has 1 aliphatic heterocycles. The first kappa shape index (κ1) is 13.2. The minimum atomic E-state index is -0.105. The van der Waals surface area contributed by atoms with Crippen LogP contribution in [0.2, 0.25) is 0 Å². The van der Waals surface area contributed by atoms with Crippen LogP contribution in [0.4, 0.5) is 0 Å². The van der Waals surface area contributed by atoms with Crippen molar-refractivity contribution >= 4 is 5.90 Å². The second-order valence-electron chi connectivity index (χ2n) is 6.14. The molecule has 2 aliphatic rings. The lowest BCUT2D eigenvalue weighted by Crippen LogP contribution is -2.18. The number of allylic oxidation sites excluding steroid dienone is 2. The van der Waals surface area contributed by atoms with Gasteiger partial charge in [-0.3, -0.25) is 0 Å². The molecule has 20 heavy (non-hydrogen) atoms. The van der Waals surface area contributed by atoms with E-state index in [1.807, 2.05) is 6.07 Å². The van der Waals surface area contributed by atoms with Gasteiger partial charge in [-0.05, 0) is 25.5 Å². The Morgan fingerprint density at radius 1 is 1.25 bits per heavy atom. The van der Waals surface area contributed by atoms with E-state index >= 15 is 0 Å². The fraction of sp³-hybridized carbons (Fsp3) is 0.471. The highest BCUT2D eigenvalue weighted by Crippen LogP contribution is 2.41. The van der Waals surface area contributed by atoms with Crippen molar-refractivity contribution < 1.29 is 9.47 Å². The number of ether oxygens (including phenoxy) is 2. The number of rotatable bonds is 3. The van der Waals surface area contributed by atoms with Crippen molar-refractivity contribution in [1.29, 1.82) is 0 Å². The van der Waals surface area contributed by atoms with E-state index in [1.165, 1.54) is 5.56 Å². The zero-order chi connectivity index (χ0) is 14.2. The Bertz CT molecular complexity index is 545. The first-order chi connectivity index (χ1) is 9.59. The third-order valence-corrected chi connectivity index (χ3v) is 3.97. The Labute approximate surface area is 120 Å². The normalized spacial score (nSPS) is 27.8. The summed E-state index contributed by atoms with van der Waals surface area (Å²) in [6, 6.07) is 10.5. The maximum Gasteiger partial charge on any atom is 0.188 e. The fourth-order valence-corrected chi connectivity index (χ4v) is 2.93. The first-order valence-electron chi connectivity index (χ1n) is 7.11. The van der Waals surface area contributed by atoms with E-state index in [9.17, 15) is 0 Å². The molecule has 1 aliphatic carbocycles. The molecule has 0 bridgehead atoms. The summed E-state index contributed by atoms with van der Waals surface area (Å²) in [5, 5.41) is 0. The zero-order valence-electron chi connectivity index (χ0n) is 12.3. The Morgan fingerprint density at radius 2 is 2.00 bits per heavy atom. The molecular formula is C17H21NO2. The summed E-state index contributed by atoms with van der Waals surface area (Å²) in [5.41, 5.74) is 1.19. The summed E-state index contributed by atoms with van der Waals surface area (Å²) in [6.07, 6.45) is 3.07. The van der Waals surface area contributed by atoms with Crippen LogP contribution in [-0.4, -0.2) is 25.2 Å². The predicted octanol–water partition coefficient (Wildman–Crippen LogP) is 3.53. The molecule has 0 aromatic heterocycles. The Morgan fingerprint density at radius 3 is 2.60 bits per heavy atom. The van der Waals surface area contributed by atoms with E-state index in [-0.39, 0.29) is 11.5 Å². The molecular weight excluding hydrogens is 250 g/mol. The summed E-state index contributed by atoms with van der Waals surface area (Å²) in [5.74, 6) is 2.46. The van der Waals surface area contributed by atoms with Gasteiger partial charge in [0.1, 0.15) is 6.61 Å². The van der Waals surface area contributed by atoms with Crippen LogP contribution in [0.1, 0.15) is 31.7 Å². The van der Waals surface area contributed by atoms with Crippen LogP contribution in [0, 0.1) is 5.92 Å². The number of benzene rings is 1. The standard InChI is InChI=1S/C17H21NO2/c1-17(2)11-20-16(18-17)15-10-13(19-3)9-14(15)12-7-5-4-6-8-12/h4-9,14-15H,10-11H2,1-3H3/t14-,15-/m0/s1. The smallest absolute Gasteiger partial charge is 0.188 e. The average Bonchev–Trinajstić information content (AvgIpc) is 3.03. The number of nitrogens with zero attached hydrogens (tertiary/aromatic N) is 1. The van der Waals surface area contributed by atoms with E-state index in [0.717, 1.165) is 18.1 Å². The van der Waals surface area contributed by atoms with Gasteiger partial charge in [-0.15, -0.1) is 0 Å². The average molecular weight is 271 g/mol. The SMILES string of the molecule is COC1=C[C@@H](c2ccccc2)[C@@H](C2=NC(C)(C)CO2)C1. The molecule has 3 nitrogen and oxygen atoms in total. The highest BCUT2D eigenvalue weighted by atomic mass is 16.5. The van der Waals surface area contributed by atoms with Crippen molar-refractivity contribution in [2.24, 2.45) is 10.9 Å². The molecule has 1 aromatic rings. The lowest BCUT2D eigenvalue weighted by molar-refractivity contribution is 0.253. The summed E-state index contributed by atoms with van der Waals surface area (Å²) < 4.78 is 11.3. The molecule has 106 valence electrons. The highest BCUT2D eigenvalue weighted by Gasteiger charge is 2.39. The molecule has 0 saturated heterocycles. The molecule has 0 N–H and O–H groups in total. The molecule has 1 aromatic carbocycles. The van der Waals surface area contributed by atoms with Crippen LogP contribution in [0.5, 0.6) is 0 Å². The van der Waals surface area contributed by atoms with Gasteiger partial charge >= 0.3 is 0 Å². The third-order valence-electron chi connectivity index (χ3n) is 3.97. The minimum Gasteiger partial charge on any atom is -0.501 e. The van der Waals surface area contributed by atoms with Gasteiger partial charge in [0.2, 0.25) is 0 Å². The summed E-state index contributed by atoms with van der Waals surface area (Å²) in [4.78, 5) is 4.75. The van der Waals surface area contributed by atoms with Crippen LogP contribution >= 0.6 is 0 Å². The quantitative estimate of drug-likeness (QED) is 0.842. The van der Waals surface area contributed by atoms with Crippen LogP contribution in [0.3, 0.4) is 0 Å². The van der Waals surface area contributed by atoms with Gasteiger partial charge in [0.25, 0.3) is 0 Å². The molecule has 0 radical (unpaired) electrons. The van der Waals surface area contributed by atoms with Crippen molar-refractivity contribution in [2.45, 2.75) is 31.7 Å². The summed E-state index contributed by atoms with van der Waals surface area (Å²) in [6.45, 7) is 4.89. The van der Waals surface area contributed by atoms with E-state index < -0.39 is 0 Å². The molecule has 3 rings (SSSR count). The van der Waals surface area contributed by atoms with Crippen LogP contribution < -0.4 is 0 Å². The monoisotopic (exact) mass is 271 g/mol. The van der Waals surface area contributed by atoms with Gasteiger partial charge in [-0.1, -0.05) is 30.3 Å². The van der Waals surface area contributed by atoms with E-state index in [2.05, 4.69) is 44.2 Å². The molecule has 0 spiro atoms. The molecule has 1 heterocycles. The van der Waals surface area contributed by atoms with Gasteiger partial charge in [0, 0.05) is 12.3 Å². The zero-order valence-corrected chi connectivity index (χ0v) is 12.3.